The lowest BCUT2D eigenvalue weighted by molar-refractivity contribution is 0.145. The SMILES string of the molecule is C.CCN1CCN(c2nc(-c3ccc(N4CCC(O)CC4)nc3)cc3ccsc23)CC1. The van der Waals surface area contributed by atoms with E-state index >= 15 is 0 Å². The molecule has 2 saturated heterocycles. The maximum Gasteiger partial charge on any atom is 0.147 e. The standard InChI is InChI=1S/C23H29N5OS.CH4/c1-2-26-10-12-28(13-11-26)23-22-17(7-14-30-22)15-20(25-23)18-3-4-21(24-16-18)27-8-5-19(29)6-9-27;/h3-4,7,14-16,19,29H,2,5-6,8-13H2,1H3;1H4. The maximum atomic E-state index is 9.74. The molecular formula is C24H33N5OS. The van der Waals surface area contributed by atoms with E-state index in [4.69, 9.17) is 9.97 Å². The van der Waals surface area contributed by atoms with Crippen LogP contribution in [0.25, 0.3) is 21.3 Å². The molecule has 0 spiro atoms. The summed E-state index contributed by atoms with van der Waals surface area (Å²) in [4.78, 5) is 17.0. The number of fused-ring (bicyclic) bond motifs is 1. The van der Waals surface area contributed by atoms with Gasteiger partial charge in [-0.1, -0.05) is 14.4 Å². The minimum atomic E-state index is -0.167. The molecule has 0 unspecified atom stereocenters. The minimum Gasteiger partial charge on any atom is -0.393 e. The van der Waals surface area contributed by atoms with Crippen molar-refractivity contribution in [3.8, 4) is 11.3 Å². The quantitative estimate of drug-likeness (QED) is 0.661. The number of nitrogens with zero attached hydrogens (tertiary/aromatic N) is 5. The second-order valence-electron chi connectivity index (χ2n) is 8.21. The van der Waals surface area contributed by atoms with Crippen LogP contribution in [0.3, 0.4) is 0 Å². The van der Waals surface area contributed by atoms with E-state index in [-0.39, 0.29) is 13.5 Å². The smallest absolute Gasteiger partial charge is 0.147 e. The van der Waals surface area contributed by atoms with Gasteiger partial charge in [0.25, 0.3) is 0 Å². The first-order valence-electron chi connectivity index (χ1n) is 11.0. The monoisotopic (exact) mass is 439 g/mol. The number of thiophene rings is 1. The van der Waals surface area contributed by atoms with Gasteiger partial charge < -0.3 is 19.8 Å². The highest BCUT2D eigenvalue weighted by Gasteiger charge is 2.21. The molecule has 166 valence electrons. The van der Waals surface area contributed by atoms with Crippen molar-refractivity contribution in [2.75, 3.05) is 55.6 Å². The van der Waals surface area contributed by atoms with Crippen molar-refractivity contribution < 1.29 is 5.11 Å². The molecule has 1 N–H and O–H groups in total. The summed E-state index contributed by atoms with van der Waals surface area (Å²) in [7, 11) is 0. The van der Waals surface area contributed by atoms with Gasteiger partial charge in [0.2, 0.25) is 0 Å². The van der Waals surface area contributed by atoms with E-state index in [9.17, 15) is 5.11 Å². The molecule has 2 fully saturated rings. The summed E-state index contributed by atoms with van der Waals surface area (Å²) < 4.78 is 1.28. The molecule has 3 aromatic rings. The molecule has 2 aliphatic heterocycles. The normalized spacial score (nSPS) is 18.4. The lowest BCUT2D eigenvalue weighted by Crippen LogP contribution is -2.46. The molecule has 0 aliphatic carbocycles. The lowest BCUT2D eigenvalue weighted by atomic mass is 10.1. The molecule has 2 aliphatic rings. The number of aliphatic hydroxyl groups excluding tert-OH is 1. The molecule has 5 rings (SSSR count). The summed E-state index contributed by atoms with van der Waals surface area (Å²) in [6.45, 7) is 9.30. The third-order valence-corrected chi connectivity index (χ3v) is 7.29. The number of rotatable bonds is 4. The highest BCUT2D eigenvalue weighted by atomic mass is 32.1. The molecule has 6 nitrogen and oxygen atoms in total. The first-order chi connectivity index (χ1) is 14.7. The van der Waals surface area contributed by atoms with Crippen molar-refractivity contribution in [1.82, 2.24) is 14.9 Å². The summed E-state index contributed by atoms with van der Waals surface area (Å²) in [5, 5.41) is 13.2. The van der Waals surface area contributed by atoms with Gasteiger partial charge in [-0.15, -0.1) is 11.3 Å². The number of aromatic nitrogens is 2. The summed E-state index contributed by atoms with van der Waals surface area (Å²) >= 11 is 1.78. The van der Waals surface area contributed by atoms with Gasteiger partial charge in [0, 0.05) is 51.0 Å². The Balaban J connectivity index is 0.00000231. The highest BCUT2D eigenvalue weighted by molar-refractivity contribution is 7.17. The molecule has 0 aromatic carbocycles. The van der Waals surface area contributed by atoms with Crippen LogP contribution in [0.5, 0.6) is 0 Å². The van der Waals surface area contributed by atoms with E-state index < -0.39 is 0 Å². The fourth-order valence-corrected chi connectivity index (χ4v) is 5.31. The zero-order valence-electron chi connectivity index (χ0n) is 17.5. The predicted molar refractivity (Wildman–Crippen MR) is 131 cm³/mol. The van der Waals surface area contributed by atoms with E-state index in [2.05, 4.69) is 51.3 Å². The van der Waals surface area contributed by atoms with Crippen LogP contribution in [0.1, 0.15) is 27.2 Å². The van der Waals surface area contributed by atoms with Crippen LogP contribution in [-0.2, 0) is 0 Å². The molecule has 5 heterocycles. The Morgan fingerprint density at radius 2 is 1.81 bits per heavy atom. The summed E-state index contributed by atoms with van der Waals surface area (Å²) in [5.74, 6) is 2.10. The molecular weight excluding hydrogens is 406 g/mol. The topological polar surface area (TPSA) is 55.7 Å². The average molecular weight is 440 g/mol. The van der Waals surface area contributed by atoms with Crippen LogP contribution >= 0.6 is 11.3 Å². The van der Waals surface area contributed by atoms with Crippen LogP contribution in [-0.4, -0.2) is 71.9 Å². The second-order valence-corrected chi connectivity index (χ2v) is 9.13. The maximum absolute atomic E-state index is 9.74. The molecule has 0 atom stereocenters. The Kier molecular flexibility index (Phi) is 6.74. The van der Waals surface area contributed by atoms with Crippen molar-refractivity contribution in [2.45, 2.75) is 33.3 Å². The molecule has 3 aromatic heterocycles. The summed E-state index contributed by atoms with van der Waals surface area (Å²) in [6, 6.07) is 8.60. The Morgan fingerprint density at radius 3 is 2.48 bits per heavy atom. The van der Waals surface area contributed by atoms with Crippen molar-refractivity contribution in [2.24, 2.45) is 0 Å². The molecule has 0 saturated carbocycles. The van der Waals surface area contributed by atoms with E-state index in [1.165, 1.54) is 10.1 Å². The van der Waals surface area contributed by atoms with Crippen molar-refractivity contribution in [3.63, 3.8) is 0 Å². The van der Waals surface area contributed by atoms with Gasteiger partial charge in [-0.3, -0.25) is 0 Å². The van der Waals surface area contributed by atoms with Crippen LogP contribution in [0.4, 0.5) is 11.6 Å². The Morgan fingerprint density at radius 1 is 1.03 bits per heavy atom. The summed E-state index contributed by atoms with van der Waals surface area (Å²) in [6.07, 6.45) is 3.41. The van der Waals surface area contributed by atoms with Crippen LogP contribution in [0, 0.1) is 0 Å². The molecule has 0 bridgehead atoms. The number of aliphatic hydroxyl groups is 1. The minimum absolute atomic E-state index is 0. The zero-order chi connectivity index (χ0) is 20.5. The third kappa shape index (κ3) is 4.54. The van der Waals surface area contributed by atoms with E-state index in [1.807, 2.05) is 6.20 Å². The van der Waals surface area contributed by atoms with Gasteiger partial charge in [-0.25, -0.2) is 9.97 Å². The van der Waals surface area contributed by atoms with Crippen molar-refractivity contribution >= 4 is 33.1 Å². The van der Waals surface area contributed by atoms with E-state index in [0.29, 0.717) is 0 Å². The number of hydrogen-bond acceptors (Lipinski definition) is 7. The molecule has 0 amide bonds. The van der Waals surface area contributed by atoms with Crippen molar-refractivity contribution in [3.05, 3.63) is 35.8 Å². The van der Waals surface area contributed by atoms with Gasteiger partial charge >= 0.3 is 0 Å². The molecule has 0 radical (unpaired) electrons. The van der Waals surface area contributed by atoms with Crippen LogP contribution in [0.2, 0.25) is 0 Å². The summed E-state index contributed by atoms with van der Waals surface area (Å²) in [5.41, 5.74) is 2.04. The Labute approximate surface area is 189 Å². The van der Waals surface area contributed by atoms with Crippen molar-refractivity contribution in [1.29, 1.82) is 0 Å². The number of likely N-dealkylation sites (N-methyl/N-ethyl adjacent to an activating group) is 1. The lowest BCUT2D eigenvalue weighted by Gasteiger charge is -2.35. The Hall–Kier alpha value is -2.22. The van der Waals surface area contributed by atoms with Gasteiger partial charge in [-0.05, 0) is 54.4 Å². The van der Waals surface area contributed by atoms with Crippen LogP contribution in [0.15, 0.2) is 35.8 Å². The Bertz CT molecular complexity index is 989. The largest absolute Gasteiger partial charge is 0.393 e. The van der Waals surface area contributed by atoms with Gasteiger partial charge in [0.05, 0.1) is 16.5 Å². The second kappa shape index (κ2) is 9.51. The molecule has 31 heavy (non-hydrogen) atoms. The fraction of sp³-hybridized carbons (Fsp3) is 0.500. The highest BCUT2D eigenvalue weighted by Crippen LogP contribution is 2.34. The predicted octanol–water partition coefficient (Wildman–Crippen LogP) is 4.10. The zero-order valence-corrected chi connectivity index (χ0v) is 18.3. The number of piperidine rings is 1. The van der Waals surface area contributed by atoms with E-state index in [0.717, 1.165) is 81.5 Å². The van der Waals surface area contributed by atoms with Gasteiger partial charge in [0.15, 0.2) is 0 Å². The van der Waals surface area contributed by atoms with Gasteiger partial charge in [-0.2, -0.15) is 0 Å². The van der Waals surface area contributed by atoms with Gasteiger partial charge in [0.1, 0.15) is 11.6 Å². The number of piperazine rings is 1. The third-order valence-electron chi connectivity index (χ3n) is 6.37. The fourth-order valence-electron chi connectivity index (χ4n) is 4.42. The number of anilines is 2. The van der Waals surface area contributed by atoms with Crippen LogP contribution < -0.4 is 9.80 Å². The average Bonchev–Trinajstić information content (AvgIpc) is 3.28. The number of pyridine rings is 2. The first kappa shape index (κ1) is 22.0. The molecule has 7 heteroatoms. The van der Waals surface area contributed by atoms with E-state index in [1.54, 1.807) is 11.3 Å². The number of hydrogen-bond donors (Lipinski definition) is 1. The first-order valence-corrected chi connectivity index (χ1v) is 11.8.